The second-order valence-electron chi connectivity index (χ2n) is 5.55. The number of nitrogens with zero attached hydrogens (tertiary/aromatic N) is 2. The van der Waals surface area contributed by atoms with E-state index in [2.05, 4.69) is 10.4 Å². The standard InChI is InChI=1S/C18H13F4N3O/c19-16-7-4-13(10-15(16)18(20,21)22)17(26)24-14-5-2-12(3-6-14)11-25-9-1-8-23-25/h1-10H,11H2,(H,24,26). The van der Waals surface area contributed by atoms with Crippen LogP contribution in [0.1, 0.15) is 21.5 Å². The Kier molecular flexibility index (Phi) is 4.75. The van der Waals surface area contributed by atoms with Gasteiger partial charge in [-0.05, 0) is 42.0 Å². The molecule has 2 aromatic carbocycles. The number of carbonyl (C=O) groups excluding carboxylic acids is 1. The Balaban J connectivity index is 1.72. The zero-order chi connectivity index (χ0) is 18.7. The van der Waals surface area contributed by atoms with Crippen molar-refractivity contribution in [1.82, 2.24) is 9.78 Å². The summed E-state index contributed by atoms with van der Waals surface area (Å²) in [4.78, 5) is 12.1. The third-order valence-electron chi connectivity index (χ3n) is 3.65. The molecule has 0 spiro atoms. The number of amides is 1. The summed E-state index contributed by atoms with van der Waals surface area (Å²) in [6.45, 7) is 0.550. The molecule has 0 aliphatic rings. The highest BCUT2D eigenvalue weighted by Crippen LogP contribution is 2.32. The van der Waals surface area contributed by atoms with Gasteiger partial charge in [0.1, 0.15) is 5.82 Å². The topological polar surface area (TPSA) is 46.9 Å². The molecule has 0 saturated carbocycles. The van der Waals surface area contributed by atoms with Gasteiger partial charge in [-0.1, -0.05) is 12.1 Å². The average Bonchev–Trinajstić information content (AvgIpc) is 3.09. The number of aromatic nitrogens is 2. The van der Waals surface area contributed by atoms with Crippen LogP contribution < -0.4 is 5.32 Å². The Morgan fingerprint density at radius 3 is 2.46 bits per heavy atom. The fourth-order valence-electron chi connectivity index (χ4n) is 2.36. The van der Waals surface area contributed by atoms with Crippen molar-refractivity contribution in [3.8, 4) is 0 Å². The molecule has 1 N–H and O–H groups in total. The van der Waals surface area contributed by atoms with Crippen LogP contribution in [0.5, 0.6) is 0 Å². The average molecular weight is 363 g/mol. The van der Waals surface area contributed by atoms with E-state index in [1.807, 2.05) is 6.20 Å². The number of hydrogen-bond donors (Lipinski definition) is 1. The Bertz CT molecular complexity index is 903. The van der Waals surface area contributed by atoms with Gasteiger partial charge in [-0.3, -0.25) is 9.48 Å². The van der Waals surface area contributed by atoms with Crippen LogP contribution in [0.15, 0.2) is 60.9 Å². The molecule has 3 aromatic rings. The molecule has 134 valence electrons. The number of anilines is 1. The van der Waals surface area contributed by atoms with Gasteiger partial charge in [0.05, 0.1) is 12.1 Å². The summed E-state index contributed by atoms with van der Waals surface area (Å²) in [6, 6.07) is 10.7. The second kappa shape index (κ2) is 6.99. The van der Waals surface area contributed by atoms with Gasteiger partial charge in [0.15, 0.2) is 0 Å². The molecule has 0 atom stereocenters. The van der Waals surface area contributed by atoms with E-state index in [-0.39, 0.29) is 5.56 Å². The molecular formula is C18H13F4N3O. The Hall–Kier alpha value is -3.16. The molecule has 8 heteroatoms. The van der Waals surface area contributed by atoms with E-state index < -0.39 is 23.5 Å². The third-order valence-corrected chi connectivity index (χ3v) is 3.65. The van der Waals surface area contributed by atoms with E-state index in [1.54, 1.807) is 41.2 Å². The minimum absolute atomic E-state index is 0.278. The molecule has 26 heavy (non-hydrogen) atoms. The summed E-state index contributed by atoms with van der Waals surface area (Å²) >= 11 is 0. The van der Waals surface area contributed by atoms with Crippen LogP contribution in [0.2, 0.25) is 0 Å². The van der Waals surface area contributed by atoms with Crippen LogP contribution in [-0.2, 0) is 12.7 Å². The number of alkyl halides is 3. The predicted molar refractivity (Wildman–Crippen MR) is 87.1 cm³/mol. The van der Waals surface area contributed by atoms with Crippen LogP contribution in [0.4, 0.5) is 23.2 Å². The van der Waals surface area contributed by atoms with Gasteiger partial charge in [0.2, 0.25) is 0 Å². The smallest absolute Gasteiger partial charge is 0.322 e. The number of rotatable bonds is 4. The van der Waals surface area contributed by atoms with E-state index in [9.17, 15) is 22.4 Å². The highest BCUT2D eigenvalue weighted by molar-refractivity contribution is 6.04. The summed E-state index contributed by atoms with van der Waals surface area (Å²) in [7, 11) is 0. The van der Waals surface area contributed by atoms with Gasteiger partial charge in [-0.25, -0.2) is 4.39 Å². The molecule has 0 saturated heterocycles. The van der Waals surface area contributed by atoms with Crippen molar-refractivity contribution in [2.45, 2.75) is 12.7 Å². The first kappa shape index (κ1) is 17.7. The summed E-state index contributed by atoms with van der Waals surface area (Å²) in [6.07, 6.45) is -1.40. The van der Waals surface area contributed by atoms with Crippen molar-refractivity contribution in [2.24, 2.45) is 0 Å². The van der Waals surface area contributed by atoms with Crippen LogP contribution in [0.3, 0.4) is 0 Å². The van der Waals surface area contributed by atoms with Crippen molar-refractivity contribution in [1.29, 1.82) is 0 Å². The van der Waals surface area contributed by atoms with Gasteiger partial charge in [-0.15, -0.1) is 0 Å². The molecule has 0 unspecified atom stereocenters. The van der Waals surface area contributed by atoms with Crippen molar-refractivity contribution < 1.29 is 22.4 Å². The van der Waals surface area contributed by atoms with Gasteiger partial charge < -0.3 is 5.32 Å². The van der Waals surface area contributed by atoms with Crippen LogP contribution in [-0.4, -0.2) is 15.7 Å². The SMILES string of the molecule is O=C(Nc1ccc(Cn2cccn2)cc1)c1ccc(F)c(C(F)(F)F)c1. The summed E-state index contributed by atoms with van der Waals surface area (Å²) in [5.41, 5.74) is -0.399. The van der Waals surface area contributed by atoms with Gasteiger partial charge in [0, 0.05) is 23.6 Å². The molecule has 1 amide bonds. The molecule has 0 fully saturated rings. The minimum Gasteiger partial charge on any atom is -0.322 e. The highest BCUT2D eigenvalue weighted by Gasteiger charge is 2.34. The number of carbonyl (C=O) groups is 1. The second-order valence-corrected chi connectivity index (χ2v) is 5.55. The fourth-order valence-corrected chi connectivity index (χ4v) is 2.36. The first-order chi connectivity index (χ1) is 12.3. The zero-order valence-electron chi connectivity index (χ0n) is 13.3. The first-order valence-corrected chi connectivity index (χ1v) is 7.57. The van der Waals surface area contributed by atoms with Crippen molar-refractivity contribution >= 4 is 11.6 Å². The van der Waals surface area contributed by atoms with Crippen LogP contribution in [0.25, 0.3) is 0 Å². The minimum atomic E-state index is -4.87. The van der Waals surface area contributed by atoms with Crippen molar-refractivity contribution in [3.05, 3.63) is 83.4 Å². The lowest BCUT2D eigenvalue weighted by Crippen LogP contribution is -2.15. The Morgan fingerprint density at radius 2 is 1.85 bits per heavy atom. The zero-order valence-corrected chi connectivity index (χ0v) is 13.3. The van der Waals surface area contributed by atoms with Crippen molar-refractivity contribution in [2.75, 3.05) is 5.32 Å². The van der Waals surface area contributed by atoms with Gasteiger partial charge in [0.25, 0.3) is 5.91 Å². The molecule has 0 aliphatic carbocycles. The molecule has 0 aliphatic heterocycles. The van der Waals surface area contributed by atoms with E-state index in [0.29, 0.717) is 24.4 Å². The largest absolute Gasteiger partial charge is 0.419 e. The summed E-state index contributed by atoms with van der Waals surface area (Å²) in [5, 5.41) is 6.57. The highest BCUT2D eigenvalue weighted by atomic mass is 19.4. The maximum Gasteiger partial charge on any atom is 0.419 e. The van der Waals surface area contributed by atoms with Gasteiger partial charge >= 0.3 is 6.18 Å². The number of halogens is 4. The Labute approximate surface area is 146 Å². The van der Waals surface area contributed by atoms with Crippen LogP contribution in [0, 0.1) is 5.82 Å². The number of hydrogen-bond acceptors (Lipinski definition) is 2. The lowest BCUT2D eigenvalue weighted by atomic mass is 10.1. The molecule has 0 radical (unpaired) electrons. The molecular weight excluding hydrogens is 350 g/mol. The maximum atomic E-state index is 13.3. The van der Waals surface area contributed by atoms with Crippen molar-refractivity contribution in [3.63, 3.8) is 0 Å². The number of nitrogens with one attached hydrogen (secondary N) is 1. The van der Waals surface area contributed by atoms with E-state index >= 15 is 0 Å². The number of benzene rings is 2. The molecule has 1 heterocycles. The quantitative estimate of drug-likeness (QED) is 0.701. The maximum absolute atomic E-state index is 13.3. The lowest BCUT2D eigenvalue weighted by molar-refractivity contribution is -0.140. The molecule has 3 rings (SSSR count). The third kappa shape index (κ3) is 4.08. The summed E-state index contributed by atoms with van der Waals surface area (Å²) < 4.78 is 53.2. The predicted octanol–water partition coefficient (Wildman–Crippen LogP) is 4.34. The first-order valence-electron chi connectivity index (χ1n) is 7.57. The van der Waals surface area contributed by atoms with Crippen LogP contribution >= 0.6 is 0 Å². The molecule has 1 aromatic heterocycles. The monoisotopic (exact) mass is 363 g/mol. The summed E-state index contributed by atoms with van der Waals surface area (Å²) in [5.74, 6) is -2.17. The molecule has 4 nitrogen and oxygen atoms in total. The Morgan fingerprint density at radius 1 is 1.12 bits per heavy atom. The normalized spacial score (nSPS) is 11.4. The van der Waals surface area contributed by atoms with Gasteiger partial charge in [-0.2, -0.15) is 18.3 Å². The fraction of sp³-hybridized carbons (Fsp3) is 0.111. The van der Waals surface area contributed by atoms with E-state index in [4.69, 9.17) is 0 Å². The van der Waals surface area contributed by atoms with E-state index in [0.717, 1.165) is 11.6 Å². The molecule has 0 bridgehead atoms. The van der Waals surface area contributed by atoms with E-state index in [1.165, 1.54) is 0 Å². The lowest BCUT2D eigenvalue weighted by Gasteiger charge is -2.11.